The summed E-state index contributed by atoms with van der Waals surface area (Å²) in [5.74, 6) is 0.255. The minimum atomic E-state index is -0.266. The predicted molar refractivity (Wildman–Crippen MR) is 107 cm³/mol. The van der Waals surface area contributed by atoms with E-state index in [0.29, 0.717) is 31.3 Å². The molecule has 27 heavy (non-hydrogen) atoms. The number of carbonyl (C=O) groups is 2. The molecule has 0 aromatic heterocycles. The van der Waals surface area contributed by atoms with Crippen LogP contribution in [-0.4, -0.2) is 55.1 Å². The van der Waals surface area contributed by atoms with Crippen LogP contribution in [0.15, 0.2) is 18.2 Å². The number of anilines is 1. The normalized spacial score (nSPS) is 28.3. The van der Waals surface area contributed by atoms with Crippen LogP contribution in [0, 0.1) is 5.92 Å². The summed E-state index contributed by atoms with van der Waals surface area (Å²) in [7, 11) is 0. The van der Waals surface area contributed by atoms with Crippen molar-refractivity contribution in [2.45, 2.75) is 37.8 Å². The quantitative estimate of drug-likeness (QED) is 0.780. The monoisotopic (exact) mass is 413 g/mol. The highest BCUT2D eigenvalue weighted by molar-refractivity contribution is 6.31. The lowest BCUT2D eigenvalue weighted by atomic mass is 9.80. The maximum atomic E-state index is 12.8. The third kappa shape index (κ3) is 3.94. The molecule has 0 radical (unpaired) electrons. The van der Waals surface area contributed by atoms with Gasteiger partial charge in [-0.05, 0) is 43.4 Å². The SMILES string of the molecule is C[C@H]1OCCN[C@@H]1C(=O)N1CCC(C2C(=O)Nc3cc(Cl)ccc32)CC1.Cl. The molecule has 3 atom stereocenters. The number of hydrogen-bond acceptors (Lipinski definition) is 4. The Labute approximate surface area is 170 Å². The Morgan fingerprint density at radius 1 is 1.30 bits per heavy atom. The molecule has 2 fully saturated rings. The van der Waals surface area contributed by atoms with E-state index in [1.807, 2.05) is 30.0 Å². The molecule has 2 N–H and O–H groups in total. The summed E-state index contributed by atoms with van der Waals surface area (Å²) in [6, 6.07) is 5.33. The number of nitrogens with one attached hydrogen (secondary N) is 2. The molecule has 2 amide bonds. The Bertz CT molecular complexity index is 722. The number of amides is 2. The van der Waals surface area contributed by atoms with Gasteiger partial charge in [0.1, 0.15) is 6.04 Å². The molecule has 148 valence electrons. The third-order valence-electron chi connectivity index (χ3n) is 5.80. The molecule has 1 aromatic carbocycles. The van der Waals surface area contributed by atoms with Crippen LogP contribution in [0.2, 0.25) is 5.02 Å². The molecule has 0 saturated carbocycles. The van der Waals surface area contributed by atoms with Crippen molar-refractivity contribution in [1.82, 2.24) is 10.2 Å². The van der Waals surface area contributed by atoms with Gasteiger partial charge in [0.05, 0.1) is 18.6 Å². The van der Waals surface area contributed by atoms with Gasteiger partial charge in [-0.1, -0.05) is 17.7 Å². The van der Waals surface area contributed by atoms with Crippen LogP contribution in [0.1, 0.15) is 31.2 Å². The topological polar surface area (TPSA) is 70.7 Å². The number of piperidine rings is 1. The van der Waals surface area contributed by atoms with Gasteiger partial charge in [0.2, 0.25) is 11.8 Å². The summed E-state index contributed by atoms with van der Waals surface area (Å²) in [6.07, 6.45) is 1.55. The maximum Gasteiger partial charge on any atom is 0.242 e. The molecular formula is C19H25Cl2N3O3. The smallest absolute Gasteiger partial charge is 0.242 e. The van der Waals surface area contributed by atoms with Gasteiger partial charge in [0.15, 0.2) is 0 Å². The van der Waals surface area contributed by atoms with Crippen LogP contribution in [0.25, 0.3) is 0 Å². The van der Waals surface area contributed by atoms with E-state index in [1.165, 1.54) is 0 Å². The highest BCUT2D eigenvalue weighted by Gasteiger charge is 2.40. The third-order valence-corrected chi connectivity index (χ3v) is 6.03. The average Bonchev–Trinajstić information content (AvgIpc) is 2.96. The van der Waals surface area contributed by atoms with E-state index in [-0.39, 0.29) is 48.2 Å². The van der Waals surface area contributed by atoms with E-state index in [4.69, 9.17) is 16.3 Å². The summed E-state index contributed by atoms with van der Waals surface area (Å²) in [4.78, 5) is 27.2. The lowest BCUT2D eigenvalue weighted by molar-refractivity contribution is -0.141. The molecule has 3 aliphatic heterocycles. The molecular weight excluding hydrogens is 389 g/mol. The number of carbonyl (C=O) groups excluding carboxylic acids is 2. The minimum Gasteiger partial charge on any atom is -0.375 e. The fraction of sp³-hybridized carbons (Fsp3) is 0.579. The van der Waals surface area contributed by atoms with Gasteiger partial charge in [-0.25, -0.2) is 0 Å². The summed E-state index contributed by atoms with van der Waals surface area (Å²) in [6.45, 7) is 4.65. The van der Waals surface area contributed by atoms with Crippen molar-refractivity contribution in [2.75, 3.05) is 31.6 Å². The zero-order chi connectivity index (χ0) is 18.3. The van der Waals surface area contributed by atoms with Gasteiger partial charge >= 0.3 is 0 Å². The number of hydrogen-bond donors (Lipinski definition) is 2. The van der Waals surface area contributed by atoms with E-state index in [9.17, 15) is 9.59 Å². The highest BCUT2D eigenvalue weighted by atomic mass is 35.5. The van der Waals surface area contributed by atoms with Crippen LogP contribution >= 0.6 is 24.0 Å². The van der Waals surface area contributed by atoms with Crippen molar-refractivity contribution >= 4 is 41.5 Å². The molecule has 8 heteroatoms. The van der Waals surface area contributed by atoms with Crippen molar-refractivity contribution in [3.63, 3.8) is 0 Å². The van der Waals surface area contributed by atoms with Crippen LogP contribution in [0.4, 0.5) is 5.69 Å². The molecule has 3 aliphatic rings. The summed E-state index contributed by atoms with van der Waals surface area (Å²) >= 11 is 6.03. The molecule has 1 unspecified atom stereocenters. The van der Waals surface area contributed by atoms with Crippen LogP contribution < -0.4 is 10.6 Å². The Hall–Kier alpha value is -1.34. The standard InChI is InChI=1S/C19H24ClN3O3.ClH/c1-11-17(21-6-9-26-11)19(25)23-7-4-12(5-8-23)16-14-3-2-13(20)10-15(14)22-18(16)24;/h2-3,10-12,16-17,21H,4-9H2,1H3,(H,22,24);1H/t11-,16?,17+;/m1./s1. The average molecular weight is 414 g/mol. The second-order valence-electron chi connectivity index (χ2n) is 7.37. The minimum absolute atomic E-state index is 0. The molecule has 3 heterocycles. The van der Waals surface area contributed by atoms with E-state index >= 15 is 0 Å². The van der Waals surface area contributed by atoms with Crippen LogP contribution in [-0.2, 0) is 14.3 Å². The molecule has 0 aliphatic carbocycles. The molecule has 4 rings (SSSR count). The second-order valence-corrected chi connectivity index (χ2v) is 7.81. The molecule has 2 saturated heterocycles. The zero-order valence-corrected chi connectivity index (χ0v) is 16.8. The Morgan fingerprint density at radius 2 is 2.04 bits per heavy atom. The lowest BCUT2D eigenvalue weighted by Crippen LogP contribution is -2.57. The first kappa shape index (κ1) is 20.4. The van der Waals surface area contributed by atoms with Gasteiger partial charge in [0.25, 0.3) is 0 Å². The van der Waals surface area contributed by atoms with Gasteiger partial charge in [-0.3, -0.25) is 9.59 Å². The van der Waals surface area contributed by atoms with Crippen molar-refractivity contribution < 1.29 is 14.3 Å². The predicted octanol–water partition coefficient (Wildman–Crippen LogP) is 2.41. The fourth-order valence-corrected chi connectivity index (χ4v) is 4.56. The van der Waals surface area contributed by atoms with Gasteiger partial charge in [-0.2, -0.15) is 0 Å². The number of halogens is 2. The van der Waals surface area contributed by atoms with E-state index < -0.39 is 0 Å². The van der Waals surface area contributed by atoms with Gasteiger partial charge in [-0.15, -0.1) is 12.4 Å². The number of nitrogens with zero attached hydrogens (tertiary/aromatic N) is 1. The van der Waals surface area contributed by atoms with Gasteiger partial charge < -0.3 is 20.3 Å². The van der Waals surface area contributed by atoms with Crippen molar-refractivity contribution in [1.29, 1.82) is 0 Å². The first-order chi connectivity index (χ1) is 12.5. The van der Waals surface area contributed by atoms with Gasteiger partial charge in [0, 0.05) is 30.3 Å². The Morgan fingerprint density at radius 3 is 2.74 bits per heavy atom. The zero-order valence-electron chi connectivity index (χ0n) is 15.2. The molecule has 1 aromatic rings. The summed E-state index contributed by atoms with van der Waals surface area (Å²) in [5.41, 5.74) is 1.85. The number of rotatable bonds is 2. The summed E-state index contributed by atoms with van der Waals surface area (Å²) in [5, 5.41) is 6.84. The maximum absolute atomic E-state index is 12.8. The number of morpholine rings is 1. The largest absolute Gasteiger partial charge is 0.375 e. The number of fused-ring (bicyclic) bond motifs is 1. The number of ether oxygens (including phenoxy) is 1. The first-order valence-electron chi connectivity index (χ1n) is 9.28. The lowest BCUT2D eigenvalue weighted by Gasteiger charge is -2.38. The molecule has 0 bridgehead atoms. The highest BCUT2D eigenvalue weighted by Crippen LogP contribution is 2.42. The molecule has 6 nitrogen and oxygen atoms in total. The Kier molecular flexibility index (Phi) is 6.31. The van der Waals surface area contributed by atoms with Crippen molar-refractivity contribution in [3.8, 4) is 0 Å². The summed E-state index contributed by atoms with van der Waals surface area (Å²) < 4.78 is 5.59. The Balaban J connectivity index is 0.00000210. The van der Waals surface area contributed by atoms with Crippen molar-refractivity contribution in [2.24, 2.45) is 5.92 Å². The fourth-order valence-electron chi connectivity index (χ4n) is 4.39. The van der Waals surface area contributed by atoms with E-state index in [2.05, 4.69) is 10.6 Å². The second kappa shape index (κ2) is 8.35. The number of likely N-dealkylation sites (tertiary alicyclic amines) is 1. The molecule has 0 spiro atoms. The van der Waals surface area contributed by atoms with E-state index in [1.54, 1.807) is 0 Å². The van der Waals surface area contributed by atoms with Crippen LogP contribution in [0.3, 0.4) is 0 Å². The first-order valence-corrected chi connectivity index (χ1v) is 9.66. The van der Waals surface area contributed by atoms with Crippen LogP contribution in [0.5, 0.6) is 0 Å². The number of benzene rings is 1. The van der Waals surface area contributed by atoms with E-state index in [0.717, 1.165) is 24.1 Å². The van der Waals surface area contributed by atoms with Crippen molar-refractivity contribution in [3.05, 3.63) is 28.8 Å².